The van der Waals surface area contributed by atoms with Crippen molar-refractivity contribution in [2.75, 3.05) is 13.7 Å². The number of aromatic nitrogens is 1. The lowest BCUT2D eigenvalue weighted by Gasteiger charge is -2.33. The first-order valence-corrected chi connectivity index (χ1v) is 9.72. The topological polar surface area (TPSA) is 71.6 Å². The van der Waals surface area contributed by atoms with Gasteiger partial charge in [-0.15, -0.1) is 0 Å². The quantitative estimate of drug-likeness (QED) is 0.659. The molecule has 150 valence electrons. The Balaban J connectivity index is 1.61. The molecular weight excluding hydrogens is 368 g/mol. The molecule has 3 aromatic rings. The van der Waals surface area contributed by atoms with Crippen molar-refractivity contribution < 1.29 is 19.1 Å². The van der Waals surface area contributed by atoms with Crippen molar-refractivity contribution in [2.24, 2.45) is 0 Å². The fraction of sp³-hybridized carbons (Fsp3) is 0.304. The van der Waals surface area contributed by atoms with E-state index in [1.165, 1.54) is 7.11 Å². The summed E-state index contributed by atoms with van der Waals surface area (Å²) in [6.45, 7) is 2.90. The lowest BCUT2D eigenvalue weighted by atomic mass is 9.94. The van der Waals surface area contributed by atoms with Crippen molar-refractivity contribution in [1.29, 1.82) is 0 Å². The van der Waals surface area contributed by atoms with Crippen LogP contribution in [-0.4, -0.2) is 35.6 Å². The molecule has 29 heavy (non-hydrogen) atoms. The van der Waals surface area contributed by atoms with E-state index in [-0.39, 0.29) is 18.7 Å². The Morgan fingerprint density at radius 3 is 2.69 bits per heavy atom. The number of nitrogens with one attached hydrogen (secondary N) is 1. The molecule has 2 aromatic carbocycles. The summed E-state index contributed by atoms with van der Waals surface area (Å²) in [7, 11) is 1.37. The number of ether oxygens (including phenoxy) is 2. The molecule has 1 amide bonds. The second kappa shape index (κ2) is 7.62. The smallest absolute Gasteiger partial charge is 0.410 e. The van der Waals surface area contributed by atoms with E-state index in [1.807, 2.05) is 55.5 Å². The zero-order valence-electron chi connectivity index (χ0n) is 16.6. The van der Waals surface area contributed by atoms with Crippen LogP contribution in [-0.2, 0) is 21.6 Å². The molecule has 1 aliphatic heterocycles. The van der Waals surface area contributed by atoms with Crippen LogP contribution in [0.5, 0.6) is 0 Å². The highest BCUT2D eigenvalue weighted by Crippen LogP contribution is 2.40. The highest BCUT2D eigenvalue weighted by atomic mass is 16.6. The van der Waals surface area contributed by atoms with Crippen LogP contribution < -0.4 is 0 Å². The van der Waals surface area contributed by atoms with Gasteiger partial charge in [-0.1, -0.05) is 36.4 Å². The molecule has 1 fully saturated rings. The van der Waals surface area contributed by atoms with Gasteiger partial charge in [0.15, 0.2) is 0 Å². The molecule has 1 saturated heterocycles. The molecule has 4 rings (SSSR count). The molecule has 1 N–H and O–H groups in total. The summed E-state index contributed by atoms with van der Waals surface area (Å²) >= 11 is 0. The van der Waals surface area contributed by atoms with Gasteiger partial charge in [-0.25, -0.2) is 9.59 Å². The van der Waals surface area contributed by atoms with E-state index in [0.29, 0.717) is 12.1 Å². The largest absolute Gasteiger partial charge is 0.465 e. The molecule has 0 spiro atoms. The molecule has 1 aromatic heterocycles. The van der Waals surface area contributed by atoms with Gasteiger partial charge >= 0.3 is 12.1 Å². The second-order valence-electron chi connectivity index (χ2n) is 7.51. The Hall–Kier alpha value is -3.28. The fourth-order valence-electron chi connectivity index (χ4n) is 4.07. The van der Waals surface area contributed by atoms with Crippen LogP contribution in [0.15, 0.2) is 54.6 Å². The first-order chi connectivity index (χ1) is 14.0. The van der Waals surface area contributed by atoms with E-state index < -0.39 is 5.54 Å². The number of hydrogen-bond donors (Lipinski definition) is 1. The number of fused-ring (bicyclic) bond motifs is 1. The fourth-order valence-corrected chi connectivity index (χ4v) is 4.07. The monoisotopic (exact) mass is 392 g/mol. The average molecular weight is 392 g/mol. The Kier molecular flexibility index (Phi) is 5.01. The lowest BCUT2D eigenvalue weighted by Crippen LogP contribution is -2.43. The second-order valence-corrected chi connectivity index (χ2v) is 7.51. The Bertz CT molecular complexity index is 1040. The zero-order valence-corrected chi connectivity index (χ0v) is 16.6. The summed E-state index contributed by atoms with van der Waals surface area (Å²) in [4.78, 5) is 30.1. The SMILES string of the molecule is COC(=O)c1cccc2[nH]c([C@@]3(C)CCCN3C(=O)OCc3ccccc3)cc12. The van der Waals surface area contributed by atoms with Gasteiger partial charge in [0.05, 0.1) is 18.2 Å². The van der Waals surface area contributed by atoms with Crippen LogP contribution in [0, 0.1) is 0 Å². The first-order valence-electron chi connectivity index (χ1n) is 9.72. The number of esters is 1. The average Bonchev–Trinajstić information content (AvgIpc) is 3.36. The summed E-state index contributed by atoms with van der Waals surface area (Å²) in [5.41, 5.74) is 2.66. The van der Waals surface area contributed by atoms with Crippen molar-refractivity contribution in [3.63, 3.8) is 0 Å². The Morgan fingerprint density at radius 1 is 1.14 bits per heavy atom. The van der Waals surface area contributed by atoms with Crippen LogP contribution >= 0.6 is 0 Å². The number of methoxy groups -OCH3 is 1. The van der Waals surface area contributed by atoms with E-state index in [9.17, 15) is 9.59 Å². The Labute approximate surface area is 169 Å². The molecule has 0 aliphatic carbocycles. The molecule has 1 atom stereocenters. The van der Waals surface area contributed by atoms with E-state index in [4.69, 9.17) is 9.47 Å². The van der Waals surface area contributed by atoms with Gasteiger partial charge in [0.2, 0.25) is 0 Å². The predicted molar refractivity (Wildman–Crippen MR) is 110 cm³/mol. The number of likely N-dealkylation sites (tertiary alicyclic amines) is 1. The maximum absolute atomic E-state index is 12.9. The van der Waals surface area contributed by atoms with Gasteiger partial charge < -0.3 is 14.5 Å². The van der Waals surface area contributed by atoms with Crippen molar-refractivity contribution in [3.8, 4) is 0 Å². The number of aromatic amines is 1. The number of hydrogen-bond acceptors (Lipinski definition) is 4. The predicted octanol–water partition coefficient (Wildman–Crippen LogP) is 4.60. The highest BCUT2D eigenvalue weighted by Gasteiger charge is 2.43. The maximum Gasteiger partial charge on any atom is 0.410 e. The summed E-state index contributed by atoms with van der Waals surface area (Å²) in [5, 5.41) is 0.792. The van der Waals surface area contributed by atoms with Crippen molar-refractivity contribution in [3.05, 3.63) is 71.4 Å². The number of carbonyl (C=O) groups is 2. The summed E-state index contributed by atoms with van der Waals surface area (Å²) in [5.74, 6) is -0.378. The Morgan fingerprint density at radius 2 is 1.93 bits per heavy atom. The van der Waals surface area contributed by atoms with Gasteiger partial charge in [-0.2, -0.15) is 0 Å². The van der Waals surface area contributed by atoms with Gasteiger partial charge in [-0.05, 0) is 43.5 Å². The zero-order chi connectivity index (χ0) is 20.4. The summed E-state index contributed by atoms with van der Waals surface area (Å²) in [6, 6.07) is 17.1. The number of H-pyrrole nitrogens is 1. The third-order valence-electron chi connectivity index (χ3n) is 5.72. The van der Waals surface area contributed by atoms with E-state index in [0.717, 1.165) is 35.0 Å². The third-order valence-corrected chi connectivity index (χ3v) is 5.72. The molecule has 0 saturated carbocycles. The van der Waals surface area contributed by atoms with Crippen molar-refractivity contribution >= 4 is 23.0 Å². The van der Waals surface area contributed by atoms with Gasteiger partial charge in [-0.3, -0.25) is 4.90 Å². The minimum Gasteiger partial charge on any atom is -0.465 e. The first kappa shape index (κ1) is 19.1. The number of benzene rings is 2. The van der Waals surface area contributed by atoms with E-state index >= 15 is 0 Å². The normalized spacial score (nSPS) is 18.8. The third kappa shape index (κ3) is 3.46. The van der Waals surface area contributed by atoms with Crippen LogP contribution in [0.1, 0.15) is 41.4 Å². The molecule has 0 unspecified atom stereocenters. The number of nitrogens with zero attached hydrogens (tertiary/aromatic N) is 1. The van der Waals surface area contributed by atoms with Gasteiger partial charge in [0, 0.05) is 23.1 Å². The number of carbonyl (C=O) groups excluding carboxylic acids is 2. The highest BCUT2D eigenvalue weighted by molar-refractivity contribution is 6.04. The van der Waals surface area contributed by atoms with Crippen LogP contribution in [0.2, 0.25) is 0 Å². The molecule has 1 aliphatic rings. The number of amides is 1. The molecule has 2 heterocycles. The van der Waals surface area contributed by atoms with Crippen LogP contribution in [0.25, 0.3) is 10.9 Å². The molecule has 6 heteroatoms. The summed E-state index contributed by atoms with van der Waals surface area (Å²) < 4.78 is 10.5. The van der Waals surface area contributed by atoms with E-state index in [1.54, 1.807) is 11.0 Å². The molecule has 6 nitrogen and oxygen atoms in total. The molecule has 0 bridgehead atoms. The van der Waals surface area contributed by atoms with Crippen LogP contribution in [0.4, 0.5) is 4.79 Å². The minimum atomic E-state index is -0.528. The van der Waals surface area contributed by atoms with E-state index in [2.05, 4.69) is 4.98 Å². The van der Waals surface area contributed by atoms with Crippen LogP contribution in [0.3, 0.4) is 0 Å². The standard InChI is InChI=1S/C23H24N2O4/c1-23(20-14-18-17(21(26)28-2)10-6-11-19(18)24-20)12-7-13-25(23)22(27)29-15-16-8-4-3-5-9-16/h3-6,8-11,14,24H,7,12-13,15H2,1-2H3/t23-/m1/s1. The number of rotatable bonds is 4. The summed E-state index contributed by atoms with van der Waals surface area (Å²) in [6.07, 6.45) is 1.37. The van der Waals surface area contributed by atoms with Gasteiger partial charge in [0.25, 0.3) is 0 Å². The van der Waals surface area contributed by atoms with Crippen molar-refractivity contribution in [2.45, 2.75) is 31.9 Å². The lowest BCUT2D eigenvalue weighted by molar-refractivity contribution is 0.0602. The van der Waals surface area contributed by atoms with Crippen molar-refractivity contribution in [1.82, 2.24) is 9.88 Å². The minimum absolute atomic E-state index is 0.242. The molecule has 0 radical (unpaired) electrons. The maximum atomic E-state index is 12.9. The van der Waals surface area contributed by atoms with Gasteiger partial charge in [0.1, 0.15) is 6.61 Å². The molecular formula is C23H24N2O4.